The fourth-order valence-corrected chi connectivity index (χ4v) is 3.13. The molecule has 0 unspecified atom stereocenters. The van der Waals surface area contributed by atoms with Crippen LogP contribution in [0.25, 0.3) is 0 Å². The Balaban J connectivity index is 2.13. The summed E-state index contributed by atoms with van der Waals surface area (Å²) in [5.74, 6) is -0.453. The Morgan fingerprint density at radius 3 is 2.65 bits per heavy atom. The van der Waals surface area contributed by atoms with Crippen molar-refractivity contribution in [3.8, 4) is 0 Å². The SMILES string of the molecule is Cc1cc(C)c(C(=O)CSc2cccc(Cl)c2)c(F)c1. The van der Waals surface area contributed by atoms with Gasteiger partial charge in [0.1, 0.15) is 5.82 Å². The van der Waals surface area contributed by atoms with Crippen LogP contribution in [-0.4, -0.2) is 11.5 Å². The second-order valence-electron chi connectivity index (χ2n) is 4.61. The lowest BCUT2D eigenvalue weighted by molar-refractivity contribution is 0.101. The number of halogens is 2. The number of thioether (sulfide) groups is 1. The van der Waals surface area contributed by atoms with Crippen LogP contribution >= 0.6 is 23.4 Å². The predicted molar refractivity (Wildman–Crippen MR) is 82.4 cm³/mol. The number of rotatable bonds is 4. The van der Waals surface area contributed by atoms with Crippen LogP contribution in [0.2, 0.25) is 5.02 Å². The molecular weight excluding hydrogens is 295 g/mol. The van der Waals surface area contributed by atoms with Gasteiger partial charge in [-0.25, -0.2) is 4.39 Å². The molecule has 0 aromatic heterocycles. The Kier molecular flexibility index (Phi) is 4.84. The highest BCUT2D eigenvalue weighted by Gasteiger charge is 2.15. The highest BCUT2D eigenvalue weighted by atomic mass is 35.5. The molecule has 4 heteroatoms. The Labute approximate surface area is 127 Å². The highest BCUT2D eigenvalue weighted by Crippen LogP contribution is 2.24. The van der Waals surface area contributed by atoms with E-state index in [-0.39, 0.29) is 17.1 Å². The molecule has 2 rings (SSSR count). The molecule has 0 saturated carbocycles. The maximum Gasteiger partial charge on any atom is 0.176 e. The minimum atomic E-state index is -0.445. The molecule has 0 spiro atoms. The summed E-state index contributed by atoms with van der Waals surface area (Å²) >= 11 is 7.25. The summed E-state index contributed by atoms with van der Waals surface area (Å²) in [6.45, 7) is 3.57. The number of benzene rings is 2. The summed E-state index contributed by atoms with van der Waals surface area (Å²) in [5, 5.41) is 0.625. The molecular formula is C16H14ClFOS. The fraction of sp³-hybridized carbons (Fsp3) is 0.188. The van der Waals surface area contributed by atoms with Crippen molar-refractivity contribution < 1.29 is 9.18 Å². The van der Waals surface area contributed by atoms with E-state index in [1.54, 1.807) is 19.1 Å². The van der Waals surface area contributed by atoms with Crippen LogP contribution in [0, 0.1) is 19.7 Å². The van der Waals surface area contributed by atoms with Gasteiger partial charge in [-0.05, 0) is 49.2 Å². The Bertz CT molecular complexity index is 632. The van der Waals surface area contributed by atoms with Crippen molar-refractivity contribution in [2.24, 2.45) is 0 Å². The summed E-state index contributed by atoms with van der Waals surface area (Å²) in [4.78, 5) is 13.1. The van der Waals surface area contributed by atoms with Gasteiger partial charge in [-0.15, -0.1) is 11.8 Å². The Hall–Kier alpha value is -1.32. The van der Waals surface area contributed by atoms with Crippen molar-refractivity contribution >= 4 is 29.1 Å². The average molecular weight is 309 g/mol. The number of hydrogen-bond acceptors (Lipinski definition) is 2. The van der Waals surface area contributed by atoms with E-state index in [0.717, 1.165) is 10.5 Å². The van der Waals surface area contributed by atoms with E-state index in [9.17, 15) is 9.18 Å². The van der Waals surface area contributed by atoms with E-state index in [4.69, 9.17) is 11.6 Å². The summed E-state index contributed by atoms with van der Waals surface area (Å²) in [6.07, 6.45) is 0. The van der Waals surface area contributed by atoms with Crippen molar-refractivity contribution in [1.29, 1.82) is 0 Å². The lowest BCUT2D eigenvalue weighted by Gasteiger charge is -2.08. The van der Waals surface area contributed by atoms with Gasteiger partial charge in [0, 0.05) is 9.92 Å². The topological polar surface area (TPSA) is 17.1 Å². The zero-order valence-electron chi connectivity index (χ0n) is 11.2. The molecule has 0 aliphatic heterocycles. The van der Waals surface area contributed by atoms with Gasteiger partial charge in [-0.3, -0.25) is 4.79 Å². The molecule has 0 bridgehead atoms. The molecule has 0 heterocycles. The number of hydrogen-bond donors (Lipinski definition) is 0. The van der Waals surface area contributed by atoms with Crippen molar-refractivity contribution in [2.75, 3.05) is 5.75 Å². The zero-order valence-corrected chi connectivity index (χ0v) is 12.8. The van der Waals surface area contributed by atoms with Crippen LogP contribution in [0.1, 0.15) is 21.5 Å². The van der Waals surface area contributed by atoms with Gasteiger partial charge >= 0.3 is 0 Å². The summed E-state index contributed by atoms with van der Waals surface area (Å²) in [7, 11) is 0. The van der Waals surface area contributed by atoms with Gasteiger partial charge in [0.2, 0.25) is 0 Å². The minimum Gasteiger partial charge on any atom is -0.293 e. The van der Waals surface area contributed by atoms with E-state index < -0.39 is 5.82 Å². The molecule has 0 amide bonds. The highest BCUT2D eigenvalue weighted by molar-refractivity contribution is 8.00. The third kappa shape index (κ3) is 3.62. The van der Waals surface area contributed by atoms with Gasteiger partial charge in [0.15, 0.2) is 5.78 Å². The molecule has 0 radical (unpaired) electrons. The lowest BCUT2D eigenvalue weighted by atomic mass is 10.0. The summed E-state index contributed by atoms with van der Waals surface area (Å²) in [5.41, 5.74) is 1.68. The van der Waals surface area contributed by atoms with Gasteiger partial charge in [-0.2, -0.15) is 0 Å². The van der Waals surface area contributed by atoms with Crippen LogP contribution < -0.4 is 0 Å². The number of aryl methyl sites for hydroxylation is 2. The second-order valence-corrected chi connectivity index (χ2v) is 6.09. The molecule has 1 nitrogen and oxygen atoms in total. The number of Topliss-reactive ketones (excluding diaryl/α,β-unsaturated/α-hetero) is 1. The van der Waals surface area contributed by atoms with Crippen molar-refractivity contribution in [3.63, 3.8) is 0 Å². The third-order valence-corrected chi connectivity index (χ3v) is 4.11. The predicted octanol–water partition coefficient (Wildman–Crippen LogP) is 5.07. The standard InChI is InChI=1S/C16H14ClFOS/c1-10-6-11(2)16(14(18)7-10)15(19)9-20-13-5-3-4-12(17)8-13/h3-8H,9H2,1-2H3. The molecule has 0 aliphatic rings. The summed E-state index contributed by atoms with van der Waals surface area (Å²) < 4.78 is 13.9. The van der Waals surface area contributed by atoms with Crippen molar-refractivity contribution in [3.05, 3.63) is 63.9 Å². The van der Waals surface area contributed by atoms with Crippen LogP contribution in [0.5, 0.6) is 0 Å². The maximum absolute atomic E-state index is 13.9. The summed E-state index contributed by atoms with van der Waals surface area (Å²) in [6, 6.07) is 10.5. The molecule has 104 valence electrons. The number of carbonyl (C=O) groups is 1. The van der Waals surface area contributed by atoms with E-state index in [0.29, 0.717) is 10.6 Å². The van der Waals surface area contributed by atoms with Crippen LogP contribution in [0.3, 0.4) is 0 Å². The number of carbonyl (C=O) groups excluding carboxylic acids is 1. The Morgan fingerprint density at radius 1 is 1.25 bits per heavy atom. The zero-order chi connectivity index (χ0) is 14.7. The molecule has 0 N–H and O–H groups in total. The smallest absolute Gasteiger partial charge is 0.176 e. The Morgan fingerprint density at radius 2 is 2.00 bits per heavy atom. The van der Waals surface area contributed by atoms with E-state index in [1.807, 2.05) is 25.1 Å². The van der Waals surface area contributed by atoms with Gasteiger partial charge in [0.05, 0.1) is 11.3 Å². The molecule has 0 saturated heterocycles. The molecule has 20 heavy (non-hydrogen) atoms. The first-order valence-electron chi connectivity index (χ1n) is 6.15. The second kappa shape index (κ2) is 6.42. The van der Waals surface area contributed by atoms with Gasteiger partial charge < -0.3 is 0 Å². The van der Waals surface area contributed by atoms with Crippen molar-refractivity contribution in [1.82, 2.24) is 0 Å². The van der Waals surface area contributed by atoms with Crippen LogP contribution in [0.4, 0.5) is 4.39 Å². The quantitative estimate of drug-likeness (QED) is 0.579. The third-order valence-electron chi connectivity index (χ3n) is 2.88. The minimum absolute atomic E-state index is 0.185. The molecule has 0 atom stereocenters. The monoisotopic (exact) mass is 308 g/mol. The first-order chi connectivity index (χ1) is 9.47. The van der Waals surface area contributed by atoms with E-state index in [2.05, 4.69) is 0 Å². The van der Waals surface area contributed by atoms with Crippen LogP contribution in [0.15, 0.2) is 41.3 Å². The number of ketones is 1. The molecule has 2 aromatic rings. The van der Waals surface area contributed by atoms with Gasteiger partial charge in [-0.1, -0.05) is 23.7 Å². The molecule has 2 aromatic carbocycles. The normalized spacial score (nSPS) is 10.6. The fourth-order valence-electron chi connectivity index (χ4n) is 2.05. The van der Waals surface area contributed by atoms with Crippen LogP contribution in [-0.2, 0) is 0 Å². The van der Waals surface area contributed by atoms with E-state index >= 15 is 0 Å². The largest absolute Gasteiger partial charge is 0.293 e. The lowest BCUT2D eigenvalue weighted by Crippen LogP contribution is -2.08. The average Bonchev–Trinajstić information content (AvgIpc) is 2.35. The first-order valence-corrected chi connectivity index (χ1v) is 7.52. The first kappa shape index (κ1) is 15.1. The molecule has 0 fully saturated rings. The molecule has 0 aliphatic carbocycles. The maximum atomic E-state index is 13.9. The van der Waals surface area contributed by atoms with Gasteiger partial charge in [0.25, 0.3) is 0 Å². The van der Waals surface area contributed by atoms with E-state index in [1.165, 1.54) is 17.8 Å². The van der Waals surface area contributed by atoms with Crippen molar-refractivity contribution in [2.45, 2.75) is 18.7 Å².